The molecule has 0 radical (unpaired) electrons. The Balaban J connectivity index is 1.98. The molecule has 0 unspecified atom stereocenters. The van der Waals surface area contributed by atoms with Gasteiger partial charge in [0.25, 0.3) is 0 Å². The fourth-order valence-electron chi connectivity index (χ4n) is 3.41. The first-order valence-electron chi connectivity index (χ1n) is 7.41. The predicted octanol–water partition coefficient (Wildman–Crippen LogP) is 5.83. The molecule has 1 nitrogen and oxygen atoms in total. The van der Waals surface area contributed by atoms with Gasteiger partial charge in [0.1, 0.15) is 0 Å². The molecule has 0 N–H and O–H groups in total. The van der Waals surface area contributed by atoms with E-state index >= 15 is 0 Å². The molecule has 104 valence electrons. The molecule has 1 aliphatic heterocycles. The predicted molar refractivity (Wildman–Crippen MR) is 93.5 cm³/mol. The summed E-state index contributed by atoms with van der Waals surface area (Å²) < 4.78 is 0. The van der Waals surface area contributed by atoms with Gasteiger partial charge in [-0.1, -0.05) is 48.2 Å². The van der Waals surface area contributed by atoms with Gasteiger partial charge in [0.05, 0.1) is 5.69 Å². The lowest BCUT2D eigenvalue weighted by molar-refractivity contribution is 1.26. The molecule has 4 aromatic rings. The van der Waals surface area contributed by atoms with Crippen molar-refractivity contribution in [1.82, 2.24) is 4.98 Å². The van der Waals surface area contributed by atoms with E-state index < -0.39 is 0 Å². The number of aromatic nitrogens is 1. The van der Waals surface area contributed by atoms with E-state index in [1.54, 1.807) is 0 Å². The van der Waals surface area contributed by atoms with Crippen molar-refractivity contribution in [3.05, 3.63) is 66.4 Å². The van der Waals surface area contributed by atoms with Crippen LogP contribution in [0.2, 0.25) is 0 Å². The highest BCUT2D eigenvalue weighted by molar-refractivity contribution is 7.99. The number of fused-ring (bicyclic) bond motifs is 3. The topological polar surface area (TPSA) is 12.9 Å². The molecule has 2 heterocycles. The number of aryl methyl sites for hydroxylation is 1. The first-order valence-corrected chi connectivity index (χ1v) is 8.23. The molecule has 1 aromatic heterocycles. The van der Waals surface area contributed by atoms with Crippen molar-refractivity contribution in [2.75, 3.05) is 0 Å². The summed E-state index contributed by atoms with van der Waals surface area (Å²) in [5, 5.41) is 5.18. The van der Waals surface area contributed by atoms with Crippen LogP contribution in [0, 0.1) is 6.92 Å². The molecule has 0 saturated heterocycles. The lowest BCUT2D eigenvalue weighted by atomic mass is 9.97. The third-order valence-corrected chi connectivity index (χ3v) is 5.76. The van der Waals surface area contributed by atoms with Crippen LogP contribution < -0.4 is 0 Å². The Morgan fingerprint density at radius 2 is 1.77 bits per heavy atom. The SMILES string of the molecule is Cc1c2c(cc3ccccc13)-c1nccc3cccc(c13)S2. The van der Waals surface area contributed by atoms with Crippen LogP contribution in [0.15, 0.2) is 70.6 Å². The largest absolute Gasteiger partial charge is 0.256 e. The maximum Gasteiger partial charge on any atom is 0.0803 e. The van der Waals surface area contributed by atoms with Crippen LogP contribution in [-0.4, -0.2) is 4.98 Å². The Labute approximate surface area is 133 Å². The van der Waals surface area contributed by atoms with E-state index in [2.05, 4.69) is 61.5 Å². The van der Waals surface area contributed by atoms with E-state index in [4.69, 9.17) is 4.98 Å². The number of benzene rings is 3. The Bertz CT molecular complexity index is 1060. The first-order chi connectivity index (χ1) is 10.8. The Morgan fingerprint density at radius 1 is 0.909 bits per heavy atom. The smallest absolute Gasteiger partial charge is 0.0803 e. The van der Waals surface area contributed by atoms with Crippen molar-refractivity contribution in [2.24, 2.45) is 0 Å². The number of hydrogen-bond donors (Lipinski definition) is 0. The molecule has 0 amide bonds. The average Bonchev–Trinajstić information content (AvgIpc) is 2.57. The lowest BCUT2D eigenvalue weighted by Gasteiger charge is -2.22. The van der Waals surface area contributed by atoms with Gasteiger partial charge in [-0.15, -0.1) is 0 Å². The summed E-state index contributed by atoms with van der Waals surface area (Å²) in [6.07, 6.45) is 1.92. The molecule has 0 fully saturated rings. The zero-order valence-corrected chi connectivity index (χ0v) is 12.9. The summed E-state index contributed by atoms with van der Waals surface area (Å²) in [6, 6.07) is 19.5. The van der Waals surface area contributed by atoms with Crippen LogP contribution in [-0.2, 0) is 0 Å². The van der Waals surface area contributed by atoms with Crippen LogP contribution in [0.25, 0.3) is 32.8 Å². The average molecular weight is 299 g/mol. The Kier molecular flexibility index (Phi) is 2.42. The van der Waals surface area contributed by atoms with E-state index in [1.807, 2.05) is 18.0 Å². The second kappa shape index (κ2) is 4.34. The zero-order chi connectivity index (χ0) is 14.7. The number of rotatable bonds is 0. The highest BCUT2D eigenvalue weighted by Crippen LogP contribution is 2.49. The second-order valence-electron chi connectivity index (χ2n) is 5.72. The van der Waals surface area contributed by atoms with Crippen molar-refractivity contribution >= 4 is 33.3 Å². The van der Waals surface area contributed by atoms with Crippen LogP contribution in [0.3, 0.4) is 0 Å². The fourth-order valence-corrected chi connectivity index (χ4v) is 4.63. The van der Waals surface area contributed by atoms with E-state index in [0.29, 0.717) is 0 Å². The molecule has 0 bridgehead atoms. The third-order valence-electron chi connectivity index (χ3n) is 4.47. The van der Waals surface area contributed by atoms with Crippen LogP contribution in [0.4, 0.5) is 0 Å². The van der Waals surface area contributed by atoms with Gasteiger partial charge in [0, 0.05) is 26.9 Å². The highest BCUT2D eigenvalue weighted by Gasteiger charge is 2.22. The van der Waals surface area contributed by atoms with Crippen molar-refractivity contribution < 1.29 is 0 Å². The van der Waals surface area contributed by atoms with E-state index in [-0.39, 0.29) is 0 Å². The van der Waals surface area contributed by atoms with E-state index in [1.165, 1.54) is 42.5 Å². The third kappa shape index (κ3) is 1.53. The molecular formula is C20H13NS. The molecule has 22 heavy (non-hydrogen) atoms. The van der Waals surface area contributed by atoms with Gasteiger partial charge in [-0.05, 0) is 46.8 Å². The summed E-state index contributed by atoms with van der Waals surface area (Å²) >= 11 is 1.88. The summed E-state index contributed by atoms with van der Waals surface area (Å²) in [6.45, 7) is 2.22. The molecule has 0 saturated carbocycles. The van der Waals surface area contributed by atoms with Crippen molar-refractivity contribution in [1.29, 1.82) is 0 Å². The number of nitrogens with zero attached hydrogens (tertiary/aromatic N) is 1. The van der Waals surface area contributed by atoms with Crippen LogP contribution in [0.5, 0.6) is 0 Å². The molecule has 0 spiro atoms. The van der Waals surface area contributed by atoms with Crippen molar-refractivity contribution in [3.63, 3.8) is 0 Å². The van der Waals surface area contributed by atoms with E-state index in [9.17, 15) is 0 Å². The molecule has 5 rings (SSSR count). The molecule has 0 atom stereocenters. The molecule has 1 aliphatic rings. The van der Waals surface area contributed by atoms with Gasteiger partial charge < -0.3 is 0 Å². The minimum Gasteiger partial charge on any atom is -0.256 e. The van der Waals surface area contributed by atoms with Crippen molar-refractivity contribution in [2.45, 2.75) is 16.7 Å². The van der Waals surface area contributed by atoms with Gasteiger partial charge in [0.2, 0.25) is 0 Å². The van der Waals surface area contributed by atoms with Gasteiger partial charge in [0.15, 0.2) is 0 Å². The molecular weight excluding hydrogens is 286 g/mol. The lowest BCUT2D eigenvalue weighted by Crippen LogP contribution is -1.98. The fraction of sp³-hybridized carbons (Fsp3) is 0.0500. The van der Waals surface area contributed by atoms with Gasteiger partial charge in [-0.3, -0.25) is 4.98 Å². The van der Waals surface area contributed by atoms with Gasteiger partial charge >= 0.3 is 0 Å². The normalized spacial score (nSPS) is 12.6. The summed E-state index contributed by atoms with van der Waals surface area (Å²) in [5.41, 5.74) is 3.74. The van der Waals surface area contributed by atoms with Crippen molar-refractivity contribution in [3.8, 4) is 11.3 Å². The zero-order valence-electron chi connectivity index (χ0n) is 12.1. The quantitative estimate of drug-likeness (QED) is 0.357. The van der Waals surface area contributed by atoms with Crippen LogP contribution in [0.1, 0.15) is 5.56 Å². The minimum atomic E-state index is 1.12. The molecule has 0 aliphatic carbocycles. The second-order valence-corrected chi connectivity index (χ2v) is 6.77. The summed E-state index contributed by atoms with van der Waals surface area (Å²) in [7, 11) is 0. The van der Waals surface area contributed by atoms with Gasteiger partial charge in [-0.25, -0.2) is 0 Å². The number of pyridine rings is 1. The summed E-state index contributed by atoms with van der Waals surface area (Å²) in [5.74, 6) is 0. The van der Waals surface area contributed by atoms with Gasteiger partial charge in [-0.2, -0.15) is 0 Å². The maximum absolute atomic E-state index is 4.71. The Morgan fingerprint density at radius 3 is 2.73 bits per heavy atom. The minimum absolute atomic E-state index is 1.12. The van der Waals surface area contributed by atoms with E-state index in [0.717, 1.165) is 5.69 Å². The Hall–Kier alpha value is -2.32. The monoisotopic (exact) mass is 299 g/mol. The molecule has 2 heteroatoms. The number of hydrogen-bond acceptors (Lipinski definition) is 2. The maximum atomic E-state index is 4.71. The molecule has 3 aromatic carbocycles. The summed E-state index contributed by atoms with van der Waals surface area (Å²) in [4.78, 5) is 7.37. The highest BCUT2D eigenvalue weighted by atomic mass is 32.2. The first kappa shape index (κ1) is 12.2. The standard InChI is InChI=1S/C20H13NS/c1-12-15-7-3-2-5-14(15)11-16-19-18-13(9-10-21-19)6-4-8-17(18)22-20(12)16/h2-11H,1H3. The van der Waals surface area contributed by atoms with Crippen LogP contribution >= 0.6 is 11.8 Å².